The van der Waals surface area contributed by atoms with Crippen LogP contribution in [0.5, 0.6) is 0 Å². The Kier molecular flexibility index (Phi) is 5.26. The molecule has 1 heterocycles. The molecule has 1 N–H and O–H groups in total. The molecule has 0 aromatic heterocycles. The maximum Gasteiger partial charge on any atom is 0.280 e. The molecule has 16 heavy (non-hydrogen) atoms. The highest BCUT2D eigenvalue weighted by Crippen LogP contribution is 2.12. The number of hydrogen-bond donors (Lipinski definition) is 1. The van der Waals surface area contributed by atoms with Crippen LogP contribution in [0, 0.1) is 12.3 Å². The third-order valence-electron chi connectivity index (χ3n) is 2.81. The van der Waals surface area contributed by atoms with Crippen molar-refractivity contribution in [3.8, 4) is 12.3 Å². The first kappa shape index (κ1) is 13.5. The molecule has 4 nitrogen and oxygen atoms in total. The molecule has 5 heteroatoms. The quantitative estimate of drug-likeness (QED) is 0.753. The molecule has 1 aliphatic heterocycles. The average molecular weight is 244 g/mol. The summed E-state index contributed by atoms with van der Waals surface area (Å²) in [6, 6.07) is -0.395. The summed E-state index contributed by atoms with van der Waals surface area (Å²) in [6.45, 7) is 3.09. The predicted octanol–water partition coefficient (Wildman–Crippen LogP) is 1.11. The van der Waals surface area contributed by atoms with Gasteiger partial charge in [0.15, 0.2) is 0 Å². The van der Waals surface area contributed by atoms with E-state index in [0.29, 0.717) is 19.5 Å². The van der Waals surface area contributed by atoms with Gasteiger partial charge in [-0.3, -0.25) is 0 Å². The van der Waals surface area contributed by atoms with Gasteiger partial charge >= 0.3 is 0 Å². The Bertz CT molecular complexity index is 337. The van der Waals surface area contributed by atoms with E-state index in [1.54, 1.807) is 0 Å². The lowest BCUT2D eigenvalue weighted by Crippen LogP contribution is -2.45. The molecule has 0 spiro atoms. The van der Waals surface area contributed by atoms with Gasteiger partial charge in [-0.05, 0) is 19.3 Å². The molecule has 0 aromatic carbocycles. The van der Waals surface area contributed by atoms with Crippen LogP contribution in [0.25, 0.3) is 0 Å². The Hall–Kier alpha value is -0.570. The molecule has 1 fully saturated rings. The smallest absolute Gasteiger partial charge is 0.195 e. The third kappa shape index (κ3) is 3.78. The Morgan fingerprint density at radius 3 is 2.31 bits per heavy atom. The summed E-state index contributed by atoms with van der Waals surface area (Å²) in [7, 11) is -3.39. The fourth-order valence-electron chi connectivity index (χ4n) is 1.77. The molecule has 0 amide bonds. The molecule has 0 bridgehead atoms. The maximum atomic E-state index is 12.0. The minimum atomic E-state index is -3.39. The third-order valence-corrected chi connectivity index (χ3v) is 4.43. The molecular formula is C11H20N2O2S. The molecule has 1 unspecified atom stereocenters. The highest BCUT2D eigenvalue weighted by Gasteiger charge is 2.24. The first-order chi connectivity index (χ1) is 7.60. The van der Waals surface area contributed by atoms with Crippen molar-refractivity contribution in [2.75, 3.05) is 13.1 Å². The summed E-state index contributed by atoms with van der Waals surface area (Å²) in [5.74, 6) is 2.45. The van der Waals surface area contributed by atoms with Crippen LogP contribution in [0.1, 0.15) is 39.0 Å². The molecule has 1 rings (SSSR count). The van der Waals surface area contributed by atoms with Crippen molar-refractivity contribution in [1.82, 2.24) is 9.03 Å². The van der Waals surface area contributed by atoms with Crippen molar-refractivity contribution in [3.63, 3.8) is 0 Å². The lowest BCUT2D eigenvalue weighted by Gasteiger charge is -2.22. The summed E-state index contributed by atoms with van der Waals surface area (Å²) in [5, 5.41) is 0. The monoisotopic (exact) mass is 244 g/mol. The van der Waals surface area contributed by atoms with E-state index in [1.807, 2.05) is 6.92 Å². The lowest BCUT2D eigenvalue weighted by molar-refractivity contribution is 0.411. The number of rotatable bonds is 4. The summed E-state index contributed by atoms with van der Waals surface area (Å²) in [6.07, 6.45) is 9.97. The highest BCUT2D eigenvalue weighted by molar-refractivity contribution is 7.87. The normalized spacial score (nSPS) is 21.0. The van der Waals surface area contributed by atoms with E-state index in [4.69, 9.17) is 6.42 Å². The topological polar surface area (TPSA) is 49.4 Å². The van der Waals surface area contributed by atoms with Crippen molar-refractivity contribution in [3.05, 3.63) is 0 Å². The summed E-state index contributed by atoms with van der Waals surface area (Å²) >= 11 is 0. The molecule has 1 saturated heterocycles. The SMILES string of the molecule is C#CC(CC)NS(=O)(=O)N1CCCCCC1. The largest absolute Gasteiger partial charge is 0.280 e. The van der Waals surface area contributed by atoms with Gasteiger partial charge in [0.2, 0.25) is 0 Å². The second-order valence-corrected chi connectivity index (χ2v) is 5.77. The average Bonchev–Trinajstić information content (AvgIpc) is 2.54. The zero-order valence-electron chi connectivity index (χ0n) is 9.78. The highest BCUT2D eigenvalue weighted by atomic mass is 32.2. The van der Waals surface area contributed by atoms with Gasteiger partial charge in [0, 0.05) is 13.1 Å². The second kappa shape index (κ2) is 6.24. The molecule has 0 saturated carbocycles. The van der Waals surface area contributed by atoms with Crippen LogP contribution in [-0.2, 0) is 10.2 Å². The Labute approximate surface area is 98.6 Å². The van der Waals surface area contributed by atoms with Crippen molar-refractivity contribution < 1.29 is 8.42 Å². The van der Waals surface area contributed by atoms with Gasteiger partial charge in [0.05, 0.1) is 6.04 Å². The molecule has 1 aliphatic rings. The van der Waals surface area contributed by atoms with Crippen molar-refractivity contribution >= 4 is 10.2 Å². The van der Waals surface area contributed by atoms with E-state index in [-0.39, 0.29) is 0 Å². The van der Waals surface area contributed by atoms with Gasteiger partial charge in [-0.1, -0.05) is 25.7 Å². The molecular weight excluding hydrogens is 224 g/mol. The van der Waals surface area contributed by atoms with Crippen LogP contribution in [0.2, 0.25) is 0 Å². The molecule has 1 atom stereocenters. The minimum absolute atomic E-state index is 0.395. The Morgan fingerprint density at radius 2 is 1.88 bits per heavy atom. The Balaban J connectivity index is 2.65. The van der Waals surface area contributed by atoms with Crippen LogP contribution in [0.4, 0.5) is 0 Å². The lowest BCUT2D eigenvalue weighted by atomic mass is 10.2. The zero-order chi connectivity index (χ0) is 12.0. The van der Waals surface area contributed by atoms with Gasteiger partial charge in [-0.2, -0.15) is 17.4 Å². The standard InChI is InChI=1S/C11H20N2O2S/c1-3-11(4-2)12-16(14,15)13-9-7-5-6-8-10-13/h1,11-12H,4-10H2,2H3. The fraction of sp³-hybridized carbons (Fsp3) is 0.818. The first-order valence-corrected chi connectivity index (χ1v) is 7.27. The van der Waals surface area contributed by atoms with Crippen molar-refractivity contribution in [1.29, 1.82) is 0 Å². The summed E-state index contributed by atoms with van der Waals surface area (Å²) in [5.41, 5.74) is 0. The number of hydrogen-bond acceptors (Lipinski definition) is 2. The van der Waals surface area contributed by atoms with Crippen LogP contribution >= 0.6 is 0 Å². The second-order valence-electron chi connectivity index (χ2n) is 4.06. The summed E-state index contributed by atoms with van der Waals surface area (Å²) < 4.78 is 28.0. The molecule has 0 aromatic rings. The van der Waals surface area contributed by atoms with E-state index in [1.165, 1.54) is 4.31 Å². The fourth-order valence-corrected chi connectivity index (χ4v) is 3.25. The minimum Gasteiger partial charge on any atom is -0.195 e. The number of terminal acetylenes is 1. The molecule has 0 aliphatic carbocycles. The van der Waals surface area contributed by atoms with Crippen LogP contribution < -0.4 is 4.72 Å². The Morgan fingerprint density at radius 1 is 1.31 bits per heavy atom. The van der Waals surface area contributed by atoms with Crippen LogP contribution in [0.3, 0.4) is 0 Å². The predicted molar refractivity (Wildman–Crippen MR) is 65.0 cm³/mol. The summed E-state index contributed by atoms with van der Waals surface area (Å²) in [4.78, 5) is 0. The van der Waals surface area contributed by atoms with Crippen LogP contribution in [0.15, 0.2) is 0 Å². The zero-order valence-corrected chi connectivity index (χ0v) is 10.6. The van der Waals surface area contributed by atoms with Gasteiger partial charge in [-0.25, -0.2) is 0 Å². The van der Waals surface area contributed by atoms with E-state index < -0.39 is 16.3 Å². The maximum absolute atomic E-state index is 12.0. The first-order valence-electron chi connectivity index (χ1n) is 5.83. The van der Waals surface area contributed by atoms with Gasteiger partial charge in [-0.15, -0.1) is 6.42 Å². The van der Waals surface area contributed by atoms with E-state index in [9.17, 15) is 8.42 Å². The number of nitrogens with zero attached hydrogens (tertiary/aromatic N) is 1. The van der Waals surface area contributed by atoms with Crippen LogP contribution in [-0.4, -0.2) is 31.9 Å². The van der Waals surface area contributed by atoms with Gasteiger partial charge in [0.25, 0.3) is 10.2 Å². The van der Waals surface area contributed by atoms with E-state index in [0.717, 1.165) is 25.7 Å². The number of nitrogens with one attached hydrogen (secondary N) is 1. The van der Waals surface area contributed by atoms with E-state index >= 15 is 0 Å². The molecule has 0 radical (unpaired) electrons. The van der Waals surface area contributed by atoms with E-state index in [2.05, 4.69) is 10.6 Å². The van der Waals surface area contributed by atoms with Crippen molar-refractivity contribution in [2.45, 2.75) is 45.1 Å². The van der Waals surface area contributed by atoms with Gasteiger partial charge in [0.1, 0.15) is 0 Å². The molecule has 92 valence electrons. The van der Waals surface area contributed by atoms with Crippen molar-refractivity contribution in [2.24, 2.45) is 0 Å². The van der Waals surface area contributed by atoms with Gasteiger partial charge < -0.3 is 0 Å².